The van der Waals surface area contributed by atoms with Gasteiger partial charge in [-0.2, -0.15) is 0 Å². The van der Waals surface area contributed by atoms with Gasteiger partial charge in [-0.15, -0.1) is 0 Å². The number of imide groups is 1. The van der Waals surface area contributed by atoms with Crippen LogP contribution in [-0.4, -0.2) is 23.3 Å². The highest BCUT2D eigenvalue weighted by Gasteiger charge is 2.33. The van der Waals surface area contributed by atoms with Crippen molar-refractivity contribution in [3.63, 3.8) is 0 Å². The fourth-order valence-electron chi connectivity index (χ4n) is 2.43. The molecule has 102 valence electrons. The van der Waals surface area contributed by atoms with Crippen molar-refractivity contribution in [1.82, 2.24) is 4.90 Å². The van der Waals surface area contributed by atoms with Crippen LogP contribution in [0.4, 0.5) is 5.69 Å². The summed E-state index contributed by atoms with van der Waals surface area (Å²) in [6, 6.07) is 7.42. The Kier molecular flexibility index (Phi) is 3.88. The third-order valence-corrected chi connectivity index (χ3v) is 3.40. The number of anilines is 1. The van der Waals surface area contributed by atoms with Crippen molar-refractivity contribution in [2.24, 2.45) is 5.92 Å². The minimum absolute atomic E-state index is 0.0102. The highest BCUT2D eigenvalue weighted by molar-refractivity contribution is 5.98. The third kappa shape index (κ3) is 3.13. The van der Waals surface area contributed by atoms with Gasteiger partial charge >= 0.3 is 0 Å². The van der Waals surface area contributed by atoms with Gasteiger partial charge in [-0.3, -0.25) is 14.5 Å². The molecule has 0 aliphatic carbocycles. The summed E-state index contributed by atoms with van der Waals surface area (Å²) in [6.45, 7) is 4.53. The van der Waals surface area contributed by atoms with Gasteiger partial charge in [-0.05, 0) is 23.6 Å². The van der Waals surface area contributed by atoms with Crippen molar-refractivity contribution in [1.29, 1.82) is 0 Å². The molecule has 1 aromatic carbocycles. The lowest BCUT2D eigenvalue weighted by Gasteiger charge is -2.31. The number of likely N-dealkylation sites (tertiary alicyclic amines) is 1. The molecule has 4 nitrogen and oxygen atoms in total. The summed E-state index contributed by atoms with van der Waals surface area (Å²) < 4.78 is 0. The van der Waals surface area contributed by atoms with Crippen LogP contribution in [0.2, 0.25) is 0 Å². The first kappa shape index (κ1) is 13.6. The van der Waals surface area contributed by atoms with Gasteiger partial charge in [-0.25, -0.2) is 0 Å². The average Bonchev–Trinajstić information content (AvgIpc) is 2.34. The number of carbonyl (C=O) groups excluding carboxylic acids is 2. The Hall–Kier alpha value is -1.84. The van der Waals surface area contributed by atoms with Gasteiger partial charge in [0.2, 0.25) is 11.8 Å². The summed E-state index contributed by atoms with van der Waals surface area (Å²) in [5.74, 6) is 0.170. The van der Waals surface area contributed by atoms with E-state index in [9.17, 15) is 9.59 Å². The smallest absolute Gasteiger partial charge is 0.229 e. The Morgan fingerprint density at radius 2 is 1.68 bits per heavy atom. The van der Waals surface area contributed by atoms with E-state index in [1.165, 1.54) is 4.90 Å². The number of benzene rings is 1. The summed E-state index contributed by atoms with van der Waals surface area (Å²) in [7, 11) is 0. The van der Waals surface area contributed by atoms with Crippen LogP contribution in [0, 0.1) is 5.92 Å². The Morgan fingerprint density at radius 3 is 2.16 bits per heavy atom. The quantitative estimate of drug-likeness (QED) is 0.669. The van der Waals surface area contributed by atoms with Crippen molar-refractivity contribution >= 4 is 17.5 Å². The molecule has 1 aliphatic rings. The molecule has 0 bridgehead atoms. The van der Waals surface area contributed by atoms with E-state index in [0.717, 1.165) is 5.56 Å². The number of nitrogens with zero attached hydrogens (tertiary/aromatic N) is 1. The molecular weight excluding hydrogens is 240 g/mol. The lowest BCUT2D eigenvalue weighted by atomic mass is 9.88. The fraction of sp³-hybridized carbons (Fsp3) is 0.467. The number of hydrogen-bond acceptors (Lipinski definition) is 3. The van der Waals surface area contributed by atoms with E-state index in [2.05, 4.69) is 0 Å². The first-order chi connectivity index (χ1) is 8.97. The van der Waals surface area contributed by atoms with E-state index in [4.69, 9.17) is 5.73 Å². The average molecular weight is 260 g/mol. The van der Waals surface area contributed by atoms with Crippen molar-refractivity contribution in [2.75, 3.05) is 12.3 Å². The van der Waals surface area contributed by atoms with Crippen LogP contribution in [0.15, 0.2) is 24.3 Å². The summed E-state index contributed by atoms with van der Waals surface area (Å²) in [5.41, 5.74) is 7.35. The monoisotopic (exact) mass is 260 g/mol. The number of nitrogen functional groups attached to an aromatic ring is 1. The second-order valence-corrected chi connectivity index (χ2v) is 5.56. The zero-order valence-corrected chi connectivity index (χ0v) is 11.4. The minimum atomic E-state index is -0.0632. The molecule has 4 heteroatoms. The van der Waals surface area contributed by atoms with Crippen molar-refractivity contribution in [3.8, 4) is 0 Å². The van der Waals surface area contributed by atoms with Crippen LogP contribution in [0.3, 0.4) is 0 Å². The van der Waals surface area contributed by atoms with Gasteiger partial charge in [0.25, 0.3) is 0 Å². The molecule has 1 aromatic rings. The molecule has 0 radical (unpaired) electrons. The molecule has 1 fully saturated rings. The first-order valence-electron chi connectivity index (χ1n) is 6.66. The van der Waals surface area contributed by atoms with Crippen LogP contribution in [0.25, 0.3) is 0 Å². The number of amides is 2. The summed E-state index contributed by atoms with van der Waals surface area (Å²) >= 11 is 0. The lowest BCUT2D eigenvalue weighted by molar-refractivity contribution is -0.149. The number of hydrogen-bond donors (Lipinski definition) is 1. The summed E-state index contributed by atoms with van der Waals surface area (Å²) in [5, 5.41) is 0. The molecule has 1 aliphatic heterocycles. The third-order valence-electron chi connectivity index (χ3n) is 3.40. The second kappa shape index (κ2) is 5.43. The van der Waals surface area contributed by atoms with Crippen LogP contribution in [0.5, 0.6) is 0 Å². The van der Waals surface area contributed by atoms with Crippen molar-refractivity contribution < 1.29 is 9.59 Å². The maximum atomic E-state index is 12.1. The van der Waals surface area contributed by atoms with E-state index in [1.807, 2.05) is 38.1 Å². The first-order valence-corrected chi connectivity index (χ1v) is 6.66. The second-order valence-electron chi connectivity index (χ2n) is 5.56. The topological polar surface area (TPSA) is 63.4 Å². The van der Waals surface area contributed by atoms with E-state index in [1.54, 1.807) is 0 Å². The molecular formula is C15H20N2O2. The van der Waals surface area contributed by atoms with Crippen LogP contribution in [0.1, 0.15) is 38.2 Å². The molecule has 0 atom stereocenters. The predicted octanol–water partition coefficient (Wildman–Crippen LogP) is 2.16. The van der Waals surface area contributed by atoms with Gasteiger partial charge < -0.3 is 5.73 Å². The number of piperidine rings is 1. The number of carbonyl (C=O) groups is 2. The molecule has 2 amide bonds. The number of rotatable bonds is 3. The Labute approximate surface area is 113 Å². The van der Waals surface area contributed by atoms with Gasteiger partial charge in [0.05, 0.1) is 0 Å². The summed E-state index contributed by atoms with van der Waals surface area (Å²) in [6.07, 6.45) is 0.810. The van der Waals surface area contributed by atoms with Gasteiger partial charge in [0.15, 0.2) is 0 Å². The molecule has 1 saturated heterocycles. The van der Waals surface area contributed by atoms with E-state index < -0.39 is 0 Å². The van der Waals surface area contributed by atoms with Crippen molar-refractivity contribution in [3.05, 3.63) is 29.8 Å². The normalized spacial score (nSPS) is 17.3. The molecule has 2 N–H and O–H groups in total. The van der Waals surface area contributed by atoms with E-state index in [0.29, 0.717) is 31.0 Å². The predicted molar refractivity (Wildman–Crippen MR) is 74.4 cm³/mol. The maximum Gasteiger partial charge on any atom is 0.229 e. The molecule has 0 spiro atoms. The SMILES string of the molecule is CC(C)CN1C(=O)CC(c2ccc(N)cc2)CC1=O. The largest absolute Gasteiger partial charge is 0.399 e. The molecule has 0 aromatic heterocycles. The zero-order chi connectivity index (χ0) is 14.0. The van der Waals surface area contributed by atoms with Gasteiger partial charge in [0.1, 0.15) is 0 Å². The standard InChI is InChI=1S/C15H20N2O2/c1-10(2)9-17-14(18)7-12(8-15(17)19)11-3-5-13(16)6-4-11/h3-6,10,12H,7-9,16H2,1-2H3. The fourth-order valence-corrected chi connectivity index (χ4v) is 2.43. The van der Waals surface area contributed by atoms with Crippen LogP contribution < -0.4 is 5.73 Å². The molecule has 0 unspecified atom stereocenters. The molecule has 1 heterocycles. The molecule has 0 saturated carbocycles. The molecule has 19 heavy (non-hydrogen) atoms. The van der Waals surface area contributed by atoms with Crippen molar-refractivity contribution in [2.45, 2.75) is 32.6 Å². The van der Waals surface area contributed by atoms with E-state index in [-0.39, 0.29) is 17.7 Å². The van der Waals surface area contributed by atoms with Crippen LogP contribution in [-0.2, 0) is 9.59 Å². The van der Waals surface area contributed by atoms with E-state index >= 15 is 0 Å². The van der Waals surface area contributed by atoms with Gasteiger partial charge in [0, 0.05) is 31.0 Å². The Balaban J connectivity index is 2.11. The number of nitrogens with two attached hydrogens (primary N) is 1. The minimum Gasteiger partial charge on any atom is -0.399 e. The highest BCUT2D eigenvalue weighted by Crippen LogP contribution is 2.30. The zero-order valence-electron chi connectivity index (χ0n) is 11.4. The highest BCUT2D eigenvalue weighted by atomic mass is 16.2. The Bertz CT molecular complexity index is 461. The Morgan fingerprint density at radius 1 is 1.16 bits per heavy atom. The maximum absolute atomic E-state index is 12.1. The lowest BCUT2D eigenvalue weighted by Crippen LogP contribution is -2.44. The van der Waals surface area contributed by atoms with Crippen LogP contribution >= 0.6 is 0 Å². The van der Waals surface area contributed by atoms with Gasteiger partial charge in [-0.1, -0.05) is 26.0 Å². The molecule has 2 rings (SSSR count). The summed E-state index contributed by atoms with van der Waals surface area (Å²) in [4.78, 5) is 25.5.